The van der Waals surface area contributed by atoms with Crippen molar-refractivity contribution in [3.63, 3.8) is 0 Å². The minimum absolute atomic E-state index is 0.0542. The Hall–Kier alpha value is -2.77. The Balaban J connectivity index is 1.58. The number of ether oxygens (including phenoxy) is 4. The van der Waals surface area contributed by atoms with E-state index in [0.29, 0.717) is 0 Å². The van der Waals surface area contributed by atoms with Gasteiger partial charge in [-0.15, -0.1) is 0 Å². The van der Waals surface area contributed by atoms with E-state index in [4.69, 9.17) is 18.9 Å². The van der Waals surface area contributed by atoms with Gasteiger partial charge in [-0.05, 0) is 23.8 Å². The second kappa shape index (κ2) is 12.1. The van der Waals surface area contributed by atoms with Crippen molar-refractivity contribution in [2.24, 2.45) is 0 Å². The highest BCUT2D eigenvalue weighted by Crippen LogP contribution is 2.46. The van der Waals surface area contributed by atoms with Crippen LogP contribution in [0.4, 0.5) is 0 Å². The standard InChI is InChI=1S/C27H32O15/c28-6-9-4-11-16(12(31)5-9)20(34)17-10(25(11)42-27-24(38)22(36)19(33)15(8-30)41-27)2-1-3-13(17)39-26-23(37)21(35)18(32)14(7-29)40-26/h1-5,14-15,18-19,21-33,35-38H,6-8H2. The van der Waals surface area contributed by atoms with E-state index < -0.39 is 98.9 Å². The third-order valence-corrected chi connectivity index (χ3v) is 7.68. The molecule has 2 fully saturated rings. The summed E-state index contributed by atoms with van der Waals surface area (Å²) >= 11 is 0. The number of carbonyl (C=O) groups is 1. The van der Waals surface area contributed by atoms with E-state index in [1.165, 1.54) is 24.3 Å². The van der Waals surface area contributed by atoms with Crippen molar-refractivity contribution in [1.82, 2.24) is 0 Å². The molecule has 230 valence electrons. The Bertz CT molecular complexity index is 1300. The van der Waals surface area contributed by atoms with Crippen molar-refractivity contribution in [2.45, 2.75) is 74.1 Å². The number of phenols is 1. The van der Waals surface area contributed by atoms with Crippen LogP contribution in [0.15, 0.2) is 30.3 Å². The zero-order valence-corrected chi connectivity index (χ0v) is 21.9. The molecule has 2 heterocycles. The van der Waals surface area contributed by atoms with Gasteiger partial charge >= 0.3 is 0 Å². The Morgan fingerprint density at radius 3 is 1.90 bits per heavy atom. The molecule has 2 aromatic carbocycles. The lowest BCUT2D eigenvalue weighted by molar-refractivity contribution is -0.309. The van der Waals surface area contributed by atoms with E-state index in [1.54, 1.807) is 0 Å². The molecule has 0 radical (unpaired) electrons. The fraction of sp³-hybridized carbons (Fsp3) is 0.519. The van der Waals surface area contributed by atoms with Crippen molar-refractivity contribution in [3.8, 4) is 11.5 Å². The molecule has 42 heavy (non-hydrogen) atoms. The van der Waals surface area contributed by atoms with E-state index in [-0.39, 0.29) is 33.6 Å². The number of aromatic hydroxyl groups is 1. The van der Waals surface area contributed by atoms with E-state index in [1.807, 2.05) is 0 Å². The van der Waals surface area contributed by atoms with E-state index in [0.717, 1.165) is 6.07 Å². The molecular weight excluding hydrogens is 564 g/mol. The molecule has 0 saturated carbocycles. The first kappa shape index (κ1) is 30.7. The largest absolute Gasteiger partial charge is 0.507 e. The summed E-state index contributed by atoms with van der Waals surface area (Å²) in [5, 5.41) is 101. The Kier molecular flexibility index (Phi) is 8.82. The number of hydrogen-bond acceptors (Lipinski definition) is 15. The average molecular weight is 597 g/mol. The monoisotopic (exact) mass is 596 g/mol. The molecule has 3 aliphatic rings. The normalized spacial score (nSPS) is 36.3. The second-order valence-corrected chi connectivity index (χ2v) is 10.3. The minimum Gasteiger partial charge on any atom is -0.507 e. The summed E-state index contributed by atoms with van der Waals surface area (Å²) < 4.78 is 22.7. The van der Waals surface area contributed by atoms with Gasteiger partial charge in [0.2, 0.25) is 12.1 Å². The topological polar surface area (TPSA) is 256 Å². The quantitative estimate of drug-likeness (QED) is 0.149. The van der Waals surface area contributed by atoms with Gasteiger partial charge in [-0.25, -0.2) is 0 Å². The third kappa shape index (κ3) is 5.17. The highest BCUT2D eigenvalue weighted by atomic mass is 16.7. The predicted octanol–water partition coefficient (Wildman–Crippen LogP) is -3.49. The molecule has 5 rings (SSSR count). The van der Waals surface area contributed by atoms with Gasteiger partial charge < -0.3 is 70.0 Å². The number of ketones is 1. The van der Waals surface area contributed by atoms with Crippen molar-refractivity contribution in [3.05, 3.63) is 58.1 Å². The highest BCUT2D eigenvalue weighted by Gasteiger charge is 2.48. The number of rotatable bonds is 7. The summed E-state index contributed by atoms with van der Waals surface area (Å²) in [7, 11) is 0. The van der Waals surface area contributed by atoms with E-state index in [9.17, 15) is 55.9 Å². The van der Waals surface area contributed by atoms with Crippen LogP contribution < -0.4 is 4.74 Å². The van der Waals surface area contributed by atoms with E-state index >= 15 is 0 Å². The molecule has 15 nitrogen and oxygen atoms in total. The summed E-state index contributed by atoms with van der Waals surface area (Å²) in [6, 6.07) is 6.76. The maximum absolute atomic E-state index is 13.8. The number of benzene rings is 2. The van der Waals surface area contributed by atoms with Crippen LogP contribution in [-0.4, -0.2) is 131 Å². The lowest BCUT2D eigenvalue weighted by atomic mass is 9.81. The smallest absolute Gasteiger partial charge is 0.229 e. The van der Waals surface area contributed by atoms with Crippen molar-refractivity contribution < 1.29 is 74.8 Å². The van der Waals surface area contributed by atoms with Gasteiger partial charge in [0, 0.05) is 11.1 Å². The Morgan fingerprint density at radius 2 is 1.31 bits per heavy atom. The molecular formula is C27H32O15. The van der Waals surface area contributed by atoms with Crippen molar-refractivity contribution in [1.29, 1.82) is 0 Å². The predicted molar refractivity (Wildman–Crippen MR) is 135 cm³/mol. The average Bonchev–Trinajstić information content (AvgIpc) is 2.98. The Morgan fingerprint density at radius 1 is 0.714 bits per heavy atom. The van der Waals surface area contributed by atoms with Gasteiger partial charge in [0.25, 0.3) is 0 Å². The maximum atomic E-state index is 13.8. The molecule has 2 aliphatic heterocycles. The molecule has 0 bridgehead atoms. The van der Waals surface area contributed by atoms with E-state index in [2.05, 4.69) is 0 Å². The Labute approximate surface area is 238 Å². The molecule has 11 unspecified atom stereocenters. The van der Waals surface area contributed by atoms with Crippen LogP contribution in [0.2, 0.25) is 0 Å². The number of hydrogen-bond donors (Lipinski definition) is 10. The number of aliphatic hydroxyl groups excluding tert-OH is 9. The molecule has 15 heteroatoms. The zero-order chi connectivity index (χ0) is 30.5. The SMILES string of the molecule is O=C1c2c(O)cc(CO)cc2C(OC2OC(CO)C(O)C(O)C2O)c2cccc(OC3OC(CO)C(O)C(O)C3O)c21. The van der Waals surface area contributed by atoms with Crippen molar-refractivity contribution >= 4 is 5.78 Å². The number of phenolic OH excluding ortho intramolecular Hbond substituents is 1. The van der Waals surface area contributed by atoms with Gasteiger partial charge in [-0.1, -0.05) is 12.1 Å². The lowest BCUT2D eigenvalue weighted by Crippen LogP contribution is -2.60. The van der Waals surface area contributed by atoms with Gasteiger partial charge in [-0.3, -0.25) is 4.79 Å². The first-order valence-corrected chi connectivity index (χ1v) is 13.1. The second-order valence-electron chi connectivity index (χ2n) is 10.3. The third-order valence-electron chi connectivity index (χ3n) is 7.68. The first-order valence-electron chi connectivity index (χ1n) is 13.1. The molecule has 0 aromatic heterocycles. The van der Waals surface area contributed by atoms with Crippen LogP contribution in [0, 0.1) is 0 Å². The van der Waals surface area contributed by atoms with Gasteiger partial charge in [0.05, 0.1) is 30.9 Å². The number of fused-ring (bicyclic) bond motifs is 2. The van der Waals surface area contributed by atoms with Gasteiger partial charge in [0.15, 0.2) is 6.29 Å². The van der Waals surface area contributed by atoms with Gasteiger partial charge in [-0.2, -0.15) is 0 Å². The van der Waals surface area contributed by atoms with Crippen LogP contribution in [-0.2, 0) is 20.8 Å². The molecule has 2 aromatic rings. The zero-order valence-electron chi connectivity index (χ0n) is 21.9. The maximum Gasteiger partial charge on any atom is 0.229 e. The molecule has 0 amide bonds. The highest BCUT2D eigenvalue weighted by molar-refractivity contribution is 6.16. The van der Waals surface area contributed by atoms with Crippen LogP contribution >= 0.6 is 0 Å². The van der Waals surface area contributed by atoms with Crippen LogP contribution in [0.5, 0.6) is 11.5 Å². The van der Waals surface area contributed by atoms with Crippen LogP contribution in [0.3, 0.4) is 0 Å². The summed E-state index contributed by atoms with van der Waals surface area (Å²) in [6.07, 6.45) is -17.7. The number of carbonyl (C=O) groups excluding carboxylic acids is 1. The fourth-order valence-electron chi connectivity index (χ4n) is 5.41. The van der Waals surface area contributed by atoms with Crippen LogP contribution in [0.25, 0.3) is 0 Å². The minimum atomic E-state index is -1.81. The lowest BCUT2D eigenvalue weighted by Gasteiger charge is -2.42. The molecule has 11 atom stereocenters. The molecule has 1 aliphatic carbocycles. The first-order chi connectivity index (χ1) is 20.0. The fourth-order valence-corrected chi connectivity index (χ4v) is 5.41. The summed E-state index contributed by atoms with van der Waals surface area (Å²) in [4.78, 5) is 13.8. The van der Waals surface area contributed by atoms with Crippen molar-refractivity contribution in [2.75, 3.05) is 13.2 Å². The molecule has 10 N–H and O–H groups in total. The van der Waals surface area contributed by atoms with Gasteiger partial charge in [0.1, 0.15) is 66.4 Å². The summed E-state index contributed by atoms with van der Waals surface area (Å²) in [5.41, 5.74) is -0.0964. The summed E-state index contributed by atoms with van der Waals surface area (Å²) in [6.45, 7) is -1.97. The van der Waals surface area contributed by atoms with Crippen LogP contribution in [0.1, 0.15) is 38.7 Å². The molecule has 2 saturated heterocycles. The molecule has 0 spiro atoms. The summed E-state index contributed by atoms with van der Waals surface area (Å²) in [5.74, 6) is -1.51. The number of aliphatic hydroxyl groups is 9.